The third-order valence-corrected chi connectivity index (χ3v) is 3.02. The predicted octanol–water partition coefficient (Wildman–Crippen LogP) is 3.09. The van der Waals surface area contributed by atoms with Crippen LogP contribution in [0.15, 0.2) is 11.4 Å². The highest BCUT2D eigenvalue weighted by Crippen LogP contribution is 2.27. The molecule has 2 heterocycles. The van der Waals surface area contributed by atoms with Gasteiger partial charge >= 0.3 is 12.0 Å². The molecule has 0 saturated carbocycles. The quantitative estimate of drug-likeness (QED) is 0.588. The molecule has 2 aromatic rings. The van der Waals surface area contributed by atoms with Crippen molar-refractivity contribution in [2.45, 2.75) is 6.18 Å². The molecule has 2 rings (SSSR count). The van der Waals surface area contributed by atoms with Crippen molar-refractivity contribution in [2.75, 3.05) is 0 Å². The molecule has 0 aliphatic rings. The molecule has 2 aromatic heterocycles. The van der Waals surface area contributed by atoms with Gasteiger partial charge < -0.3 is 0 Å². The Morgan fingerprint density at radius 3 is 2.69 bits per heavy atom. The zero-order valence-corrected chi connectivity index (χ0v) is 8.95. The molecule has 0 saturated heterocycles. The van der Waals surface area contributed by atoms with Crippen molar-refractivity contribution in [3.05, 3.63) is 22.4 Å². The van der Waals surface area contributed by atoms with Gasteiger partial charge in [-0.15, -0.1) is 11.3 Å². The van der Waals surface area contributed by atoms with Crippen molar-refractivity contribution >= 4 is 38.9 Å². The molecule has 0 atom stereocenters. The lowest BCUT2D eigenvalue weighted by Crippen LogP contribution is -2.25. The minimum Gasteiger partial charge on any atom is -0.280 e. The highest BCUT2D eigenvalue weighted by molar-refractivity contribution is 7.17. The fourth-order valence-electron chi connectivity index (χ4n) is 1.06. The van der Waals surface area contributed by atoms with Gasteiger partial charge in [-0.25, -0.2) is 9.97 Å². The highest BCUT2D eigenvalue weighted by Gasteiger charge is 2.41. The van der Waals surface area contributed by atoms with Crippen LogP contribution in [0.2, 0.25) is 5.15 Å². The number of hydrogen-bond acceptors (Lipinski definition) is 4. The zero-order valence-electron chi connectivity index (χ0n) is 7.38. The fraction of sp³-hybridized carbons (Fsp3) is 0.125. The SMILES string of the molecule is O=C(c1nc(Cl)c2sccc2n1)C(F)(F)F. The summed E-state index contributed by atoms with van der Waals surface area (Å²) in [7, 11) is 0. The van der Waals surface area contributed by atoms with E-state index >= 15 is 0 Å². The minimum atomic E-state index is -4.99. The van der Waals surface area contributed by atoms with Crippen LogP contribution < -0.4 is 0 Å². The zero-order chi connectivity index (χ0) is 11.9. The number of fused-ring (bicyclic) bond motifs is 1. The Morgan fingerprint density at radius 2 is 2.06 bits per heavy atom. The largest absolute Gasteiger partial charge is 0.458 e. The topological polar surface area (TPSA) is 42.9 Å². The van der Waals surface area contributed by atoms with Crippen molar-refractivity contribution in [2.24, 2.45) is 0 Å². The van der Waals surface area contributed by atoms with Crippen molar-refractivity contribution in [3.8, 4) is 0 Å². The molecule has 0 aromatic carbocycles. The molecule has 0 unspecified atom stereocenters. The Kier molecular flexibility index (Phi) is 2.59. The second-order valence-corrected chi connectivity index (χ2v) is 4.07. The van der Waals surface area contributed by atoms with E-state index in [1.165, 1.54) is 17.4 Å². The number of halogens is 4. The average molecular weight is 267 g/mol. The molecule has 0 N–H and O–H groups in total. The second kappa shape index (κ2) is 3.67. The molecular weight excluding hydrogens is 265 g/mol. The van der Waals surface area contributed by atoms with Gasteiger partial charge in [0.25, 0.3) is 0 Å². The lowest BCUT2D eigenvalue weighted by Gasteiger charge is -2.03. The fourth-order valence-corrected chi connectivity index (χ4v) is 2.08. The number of thiophene rings is 1. The number of Topliss-reactive ketones (excluding diaryl/α,β-unsaturated/α-hetero) is 1. The van der Waals surface area contributed by atoms with Crippen LogP contribution in [0.3, 0.4) is 0 Å². The second-order valence-electron chi connectivity index (χ2n) is 2.80. The van der Waals surface area contributed by atoms with E-state index in [0.29, 0.717) is 4.70 Å². The van der Waals surface area contributed by atoms with Crippen LogP contribution >= 0.6 is 22.9 Å². The van der Waals surface area contributed by atoms with E-state index in [1.54, 1.807) is 5.38 Å². The smallest absolute Gasteiger partial charge is 0.280 e. The van der Waals surface area contributed by atoms with E-state index in [0.717, 1.165) is 0 Å². The third kappa shape index (κ3) is 1.88. The lowest BCUT2D eigenvalue weighted by atomic mass is 10.3. The van der Waals surface area contributed by atoms with Gasteiger partial charge in [0.2, 0.25) is 5.82 Å². The summed E-state index contributed by atoms with van der Waals surface area (Å²) in [5, 5.41) is 1.46. The number of aromatic nitrogens is 2. The van der Waals surface area contributed by atoms with Crippen molar-refractivity contribution < 1.29 is 18.0 Å². The number of carbonyl (C=O) groups excluding carboxylic acids is 1. The van der Waals surface area contributed by atoms with Crippen LogP contribution in [0, 0.1) is 0 Å². The molecular formula is C8H2ClF3N2OS. The van der Waals surface area contributed by atoms with E-state index in [2.05, 4.69) is 9.97 Å². The lowest BCUT2D eigenvalue weighted by molar-refractivity contribution is -0.0891. The van der Waals surface area contributed by atoms with Gasteiger partial charge in [0.1, 0.15) is 0 Å². The molecule has 0 bridgehead atoms. The molecule has 8 heteroatoms. The van der Waals surface area contributed by atoms with E-state index in [4.69, 9.17) is 11.6 Å². The first-order chi connectivity index (χ1) is 7.39. The van der Waals surface area contributed by atoms with Crippen LogP contribution in [-0.2, 0) is 0 Å². The first-order valence-corrected chi connectivity index (χ1v) is 5.17. The van der Waals surface area contributed by atoms with E-state index < -0.39 is 17.8 Å². The van der Waals surface area contributed by atoms with Gasteiger partial charge in [0.15, 0.2) is 5.15 Å². The maximum absolute atomic E-state index is 12.1. The Hall–Kier alpha value is -1.21. The van der Waals surface area contributed by atoms with E-state index in [1.807, 2.05) is 0 Å². The minimum absolute atomic E-state index is 0.146. The van der Waals surface area contributed by atoms with Crippen molar-refractivity contribution in [1.82, 2.24) is 9.97 Å². The molecule has 0 amide bonds. The third-order valence-electron chi connectivity index (χ3n) is 1.72. The standard InChI is InChI=1S/C8H2ClF3N2OS/c9-6-4-3(1-2-16-4)13-7(14-6)5(15)8(10,11)12/h1-2H. The molecule has 3 nitrogen and oxygen atoms in total. The maximum Gasteiger partial charge on any atom is 0.458 e. The van der Waals surface area contributed by atoms with Crippen LogP contribution in [0.25, 0.3) is 10.2 Å². The summed E-state index contributed by atoms with van der Waals surface area (Å²) in [4.78, 5) is 17.7. The molecule has 0 spiro atoms. The monoisotopic (exact) mass is 266 g/mol. The number of ketones is 1. The number of rotatable bonds is 1. The predicted molar refractivity (Wildman–Crippen MR) is 52.8 cm³/mol. The Labute approximate surface area is 95.9 Å². The van der Waals surface area contributed by atoms with Crippen molar-refractivity contribution in [3.63, 3.8) is 0 Å². The number of alkyl halides is 3. The molecule has 0 aliphatic carbocycles. The molecule has 0 aliphatic heterocycles. The first-order valence-electron chi connectivity index (χ1n) is 3.92. The Bertz CT molecular complexity index is 566. The van der Waals surface area contributed by atoms with Crippen LogP contribution in [-0.4, -0.2) is 21.9 Å². The first kappa shape index (κ1) is 11.3. The Balaban J connectivity index is 2.58. The number of nitrogens with zero attached hydrogens (tertiary/aromatic N) is 2. The van der Waals surface area contributed by atoms with Gasteiger partial charge in [0.05, 0.1) is 10.2 Å². The molecule has 0 fully saturated rings. The normalized spacial score (nSPS) is 12.0. The van der Waals surface area contributed by atoms with E-state index in [-0.39, 0.29) is 10.7 Å². The summed E-state index contributed by atoms with van der Waals surface area (Å²) in [5.41, 5.74) is 0.234. The summed E-state index contributed by atoms with van der Waals surface area (Å²) in [6, 6.07) is 1.47. The van der Waals surface area contributed by atoms with Gasteiger partial charge in [-0.1, -0.05) is 11.6 Å². The van der Waals surface area contributed by atoms with Gasteiger partial charge in [-0.05, 0) is 11.4 Å². The molecule has 84 valence electrons. The number of hydrogen-bond donors (Lipinski definition) is 0. The summed E-state index contributed by atoms with van der Waals surface area (Å²) >= 11 is 6.83. The van der Waals surface area contributed by atoms with Crippen molar-refractivity contribution in [1.29, 1.82) is 0 Å². The van der Waals surface area contributed by atoms with E-state index in [9.17, 15) is 18.0 Å². The van der Waals surface area contributed by atoms with Gasteiger partial charge in [-0.2, -0.15) is 13.2 Å². The molecule has 16 heavy (non-hydrogen) atoms. The summed E-state index contributed by atoms with van der Waals surface area (Å²) in [6.07, 6.45) is -4.99. The summed E-state index contributed by atoms with van der Waals surface area (Å²) < 4.78 is 36.8. The summed E-state index contributed by atoms with van der Waals surface area (Å²) in [5.74, 6) is -3.02. The van der Waals surface area contributed by atoms with Gasteiger partial charge in [0, 0.05) is 0 Å². The van der Waals surface area contributed by atoms with Crippen LogP contribution in [0.1, 0.15) is 10.6 Å². The summed E-state index contributed by atoms with van der Waals surface area (Å²) in [6.45, 7) is 0. The number of carbonyl (C=O) groups is 1. The maximum atomic E-state index is 12.1. The molecule has 0 radical (unpaired) electrons. The van der Waals surface area contributed by atoms with Crippen LogP contribution in [0.4, 0.5) is 13.2 Å². The van der Waals surface area contributed by atoms with Gasteiger partial charge in [-0.3, -0.25) is 4.79 Å². The highest BCUT2D eigenvalue weighted by atomic mass is 35.5. The van der Waals surface area contributed by atoms with Crippen LogP contribution in [0.5, 0.6) is 0 Å². The average Bonchev–Trinajstić information content (AvgIpc) is 2.63. The Morgan fingerprint density at radius 1 is 1.38 bits per heavy atom.